The lowest BCUT2D eigenvalue weighted by Gasteiger charge is -2.11. The second-order valence-corrected chi connectivity index (χ2v) is 4.33. The van der Waals surface area contributed by atoms with E-state index in [4.69, 9.17) is 20.4 Å². The number of oxime groups is 1. The first-order chi connectivity index (χ1) is 9.29. The SMILES string of the molecule is NC(CCCNc1ccc2c(c1)OCCCO2)=NO. The van der Waals surface area contributed by atoms with E-state index in [1.54, 1.807) is 0 Å². The van der Waals surface area contributed by atoms with Crippen LogP contribution >= 0.6 is 0 Å². The summed E-state index contributed by atoms with van der Waals surface area (Å²) in [5.74, 6) is 1.82. The number of fused-ring (bicyclic) bond motifs is 1. The molecule has 1 heterocycles. The molecule has 0 radical (unpaired) electrons. The molecule has 1 aromatic carbocycles. The average molecular weight is 265 g/mol. The summed E-state index contributed by atoms with van der Waals surface area (Å²) in [4.78, 5) is 0. The van der Waals surface area contributed by atoms with E-state index in [9.17, 15) is 0 Å². The van der Waals surface area contributed by atoms with Gasteiger partial charge in [0.2, 0.25) is 0 Å². The van der Waals surface area contributed by atoms with Crippen LogP contribution in [0, 0.1) is 0 Å². The second-order valence-electron chi connectivity index (χ2n) is 4.33. The Morgan fingerprint density at radius 3 is 2.89 bits per heavy atom. The molecule has 0 atom stereocenters. The van der Waals surface area contributed by atoms with E-state index in [1.807, 2.05) is 18.2 Å². The van der Waals surface area contributed by atoms with Crippen LogP contribution in [-0.4, -0.2) is 30.8 Å². The van der Waals surface area contributed by atoms with Crippen molar-refractivity contribution in [2.75, 3.05) is 25.1 Å². The van der Waals surface area contributed by atoms with Crippen molar-refractivity contribution in [1.29, 1.82) is 0 Å². The Kier molecular flexibility index (Phi) is 4.72. The summed E-state index contributed by atoms with van der Waals surface area (Å²) in [6, 6.07) is 5.80. The summed E-state index contributed by atoms with van der Waals surface area (Å²) >= 11 is 0. The number of benzene rings is 1. The van der Waals surface area contributed by atoms with Gasteiger partial charge in [0.1, 0.15) is 5.84 Å². The Labute approximate surface area is 112 Å². The monoisotopic (exact) mass is 265 g/mol. The molecular formula is C13H19N3O3. The van der Waals surface area contributed by atoms with Gasteiger partial charge in [-0.05, 0) is 18.6 Å². The van der Waals surface area contributed by atoms with Crippen LogP contribution in [0.15, 0.2) is 23.4 Å². The number of hydrogen-bond donors (Lipinski definition) is 3. The number of nitrogens with two attached hydrogens (primary N) is 1. The highest BCUT2D eigenvalue weighted by Gasteiger charge is 2.10. The summed E-state index contributed by atoms with van der Waals surface area (Å²) in [6.07, 6.45) is 2.26. The Balaban J connectivity index is 1.86. The third-order valence-corrected chi connectivity index (χ3v) is 2.81. The zero-order chi connectivity index (χ0) is 13.5. The van der Waals surface area contributed by atoms with Crippen LogP contribution in [0.3, 0.4) is 0 Å². The van der Waals surface area contributed by atoms with E-state index in [2.05, 4.69) is 10.5 Å². The van der Waals surface area contributed by atoms with Gasteiger partial charge in [-0.3, -0.25) is 0 Å². The molecule has 0 spiro atoms. The van der Waals surface area contributed by atoms with Gasteiger partial charge < -0.3 is 25.7 Å². The molecule has 0 saturated carbocycles. The maximum absolute atomic E-state index is 8.42. The molecule has 0 bridgehead atoms. The fourth-order valence-electron chi connectivity index (χ4n) is 1.83. The maximum Gasteiger partial charge on any atom is 0.163 e. The number of rotatable bonds is 5. The van der Waals surface area contributed by atoms with Gasteiger partial charge >= 0.3 is 0 Å². The molecule has 0 unspecified atom stereocenters. The second kappa shape index (κ2) is 6.72. The fourth-order valence-corrected chi connectivity index (χ4v) is 1.83. The number of nitrogens with zero attached hydrogens (tertiary/aromatic N) is 1. The van der Waals surface area contributed by atoms with Gasteiger partial charge in [0.15, 0.2) is 11.5 Å². The summed E-state index contributed by atoms with van der Waals surface area (Å²) in [5.41, 5.74) is 6.37. The molecule has 0 fully saturated rings. The van der Waals surface area contributed by atoms with Gasteiger partial charge in [-0.2, -0.15) is 0 Å². The molecule has 6 nitrogen and oxygen atoms in total. The number of ether oxygens (including phenoxy) is 2. The van der Waals surface area contributed by atoms with Crippen LogP contribution in [0.1, 0.15) is 19.3 Å². The topological polar surface area (TPSA) is 89.1 Å². The first-order valence-electron chi connectivity index (χ1n) is 6.39. The number of nitrogens with one attached hydrogen (secondary N) is 1. The van der Waals surface area contributed by atoms with Crippen LogP contribution in [0.5, 0.6) is 11.5 Å². The minimum atomic E-state index is 0.250. The van der Waals surface area contributed by atoms with E-state index in [0.29, 0.717) is 19.6 Å². The van der Waals surface area contributed by atoms with Gasteiger partial charge in [0.05, 0.1) is 13.2 Å². The summed E-state index contributed by atoms with van der Waals surface area (Å²) in [6.45, 7) is 2.12. The summed E-state index contributed by atoms with van der Waals surface area (Å²) < 4.78 is 11.2. The Morgan fingerprint density at radius 2 is 2.11 bits per heavy atom. The highest BCUT2D eigenvalue weighted by Crippen LogP contribution is 2.32. The third-order valence-electron chi connectivity index (χ3n) is 2.81. The Hall–Kier alpha value is -2.11. The van der Waals surface area contributed by atoms with Crippen molar-refractivity contribution >= 4 is 11.5 Å². The lowest BCUT2D eigenvalue weighted by Crippen LogP contribution is -2.13. The van der Waals surface area contributed by atoms with Crippen LogP contribution in [-0.2, 0) is 0 Å². The molecule has 0 saturated heterocycles. The lowest BCUT2D eigenvalue weighted by molar-refractivity contribution is 0.297. The number of anilines is 1. The van der Waals surface area contributed by atoms with Gasteiger partial charge in [0.25, 0.3) is 0 Å². The predicted molar refractivity (Wildman–Crippen MR) is 73.2 cm³/mol. The number of hydrogen-bond acceptors (Lipinski definition) is 5. The molecular weight excluding hydrogens is 246 g/mol. The predicted octanol–water partition coefficient (Wildman–Crippen LogP) is 1.79. The normalized spacial score (nSPS) is 14.8. The number of amidine groups is 1. The first kappa shape index (κ1) is 13.3. The molecule has 2 rings (SSSR count). The fraction of sp³-hybridized carbons (Fsp3) is 0.462. The van der Waals surface area contributed by atoms with Gasteiger partial charge in [0, 0.05) is 31.1 Å². The van der Waals surface area contributed by atoms with Crippen LogP contribution in [0.2, 0.25) is 0 Å². The molecule has 0 aliphatic carbocycles. The van der Waals surface area contributed by atoms with E-state index < -0.39 is 0 Å². The smallest absolute Gasteiger partial charge is 0.163 e. The zero-order valence-corrected chi connectivity index (χ0v) is 10.8. The Bertz CT molecular complexity index is 449. The van der Waals surface area contributed by atoms with E-state index in [0.717, 1.165) is 36.6 Å². The van der Waals surface area contributed by atoms with Crippen molar-refractivity contribution < 1.29 is 14.7 Å². The first-order valence-corrected chi connectivity index (χ1v) is 6.39. The van der Waals surface area contributed by atoms with E-state index in [1.165, 1.54) is 0 Å². The van der Waals surface area contributed by atoms with Crippen molar-refractivity contribution in [2.45, 2.75) is 19.3 Å². The standard InChI is InChI=1S/C13H19N3O3/c14-13(16-17)3-1-6-15-10-4-5-11-12(9-10)19-8-2-7-18-11/h4-5,9,15,17H,1-3,6-8H2,(H2,14,16). The third kappa shape index (κ3) is 3.94. The molecule has 1 aromatic rings. The molecule has 19 heavy (non-hydrogen) atoms. The molecule has 4 N–H and O–H groups in total. The molecule has 0 aromatic heterocycles. The van der Waals surface area contributed by atoms with Crippen molar-refractivity contribution in [3.63, 3.8) is 0 Å². The Morgan fingerprint density at radius 1 is 1.32 bits per heavy atom. The lowest BCUT2D eigenvalue weighted by atomic mass is 10.2. The van der Waals surface area contributed by atoms with Crippen molar-refractivity contribution in [1.82, 2.24) is 0 Å². The minimum absolute atomic E-state index is 0.250. The van der Waals surface area contributed by atoms with E-state index >= 15 is 0 Å². The maximum atomic E-state index is 8.42. The highest BCUT2D eigenvalue weighted by atomic mass is 16.5. The largest absolute Gasteiger partial charge is 0.490 e. The molecule has 1 aliphatic heterocycles. The van der Waals surface area contributed by atoms with Crippen LogP contribution in [0.4, 0.5) is 5.69 Å². The summed E-state index contributed by atoms with van der Waals surface area (Å²) in [7, 11) is 0. The molecule has 1 aliphatic rings. The van der Waals surface area contributed by atoms with Crippen molar-refractivity contribution in [3.8, 4) is 11.5 Å². The minimum Gasteiger partial charge on any atom is -0.490 e. The quantitative estimate of drug-likeness (QED) is 0.248. The van der Waals surface area contributed by atoms with E-state index in [-0.39, 0.29) is 5.84 Å². The molecule has 104 valence electrons. The molecule has 6 heteroatoms. The highest BCUT2D eigenvalue weighted by molar-refractivity contribution is 5.79. The van der Waals surface area contributed by atoms with Crippen molar-refractivity contribution in [2.24, 2.45) is 10.9 Å². The van der Waals surface area contributed by atoms with Gasteiger partial charge in [-0.15, -0.1) is 0 Å². The zero-order valence-electron chi connectivity index (χ0n) is 10.8. The van der Waals surface area contributed by atoms with Gasteiger partial charge in [-0.1, -0.05) is 5.16 Å². The van der Waals surface area contributed by atoms with Crippen LogP contribution < -0.4 is 20.5 Å². The summed E-state index contributed by atoms with van der Waals surface area (Å²) in [5, 5.41) is 14.6. The average Bonchev–Trinajstić information content (AvgIpc) is 2.68. The molecule has 0 amide bonds. The van der Waals surface area contributed by atoms with Gasteiger partial charge in [-0.25, -0.2) is 0 Å². The van der Waals surface area contributed by atoms with Crippen LogP contribution in [0.25, 0.3) is 0 Å². The van der Waals surface area contributed by atoms with Crippen molar-refractivity contribution in [3.05, 3.63) is 18.2 Å².